The number of hydrogen-bond acceptors (Lipinski definition) is 5. The standard InChI is InChI=1S/C18H17N3OS2/c22-16(11-12-23-15-9-5-2-6-10-15)19-18-21-20-17(24-18)13-14-7-3-1-4-8-14/h1-10H,11-13H2,(H,19,21,22). The molecule has 1 N–H and O–H groups in total. The lowest BCUT2D eigenvalue weighted by molar-refractivity contribution is -0.115. The van der Waals surface area contributed by atoms with E-state index in [-0.39, 0.29) is 5.91 Å². The second-order valence-corrected chi connectivity index (χ2v) is 7.35. The zero-order valence-corrected chi connectivity index (χ0v) is 14.6. The van der Waals surface area contributed by atoms with Gasteiger partial charge in [0.1, 0.15) is 5.01 Å². The highest BCUT2D eigenvalue weighted by molar-refractivity contribution is 7.99. The van der Waals surface area contributed by atoms with Crippen molar-refractivity contribution in [2.45, 2.75) is 17.7 Å². The minimum absolute atomic E-state index is 0.0270. The van der Waals surface area contributed by atoms with Gasteiger partial charge in [0.25, 0.3) is 0 Å². The molecule has 0 fully saturated rings. The van der Waals surface area contributed by atoms with Gasteiger partial charge in [-0.2, -0.15) is 0 Å². The zero-order valence-electron chi connectivity index (χ0n) is 13.0. The molecular formula is C18H17N3OS2. The van der Waals surface area contributed by atoms with Crippen molar-refractivity contribution in [2.75, 3.05) is 11.1 Å². The first-order valence-electron chi connectivity index (χ1n) is 7.63. The Kier molecular flexibility index (Phi) is 5.98. The summed E-state index contributed by atoms with van der Waals surface area (Å²) in [6, 6.07) is 20.2. The van der Waals surface area contributed by atoms with E-state index in [1.54, 1.807) is 11.8 Å². The van der Waals surface area contributed by atoms with E-state index in [1.807, 2.05) is 48.5 Å². The number of carbonyl (C=O) groups is 1. The molecule has 0 saturated heterocycles. The van der Waals surface area contributed by atoms with Crippen molar-refractivity contribution in [3.05, 3.63) is 71.2 Å². The van der Waals surface area contributed by atoms with Gasteiger partial charge in [0.2, 0.25) is 11.0 Å². The zero-order chi connectivity index (χ0) is 16.6. The van der Waals surface area contributed by atoms with Crippen molar-refractivity contribution in [1.29, 1.82) is 0 Å². The highest BCUT2D eigenvalue weighted by atomic mass is 32.2. The lowest BCUT2D eigenvalue weighted by atomic mass is 10.2. The summed E-state index contributed by atoms with van der Waals surface area (Å²) in [5.74, 6) is 0.715. The van der Waals surface area contributed by atoms with E-state index in [1.165, 1.54) is 21.8 Å². The Hall–Kier alpha value is -2.18. The molecule has 0 bridgehead atoms. The van der Waals surface area contributed by atoms with Crippen LogP contribution in [0.15, 0.2) is 65.6 Å². The first-order chi connectivity index (χ1) is 11.8. The second-order valence-electron chi connectivity index (χ2n) is 5.12. The van der Waals surface area contributed by atoms with Crippen LogP contribution in [0.5, 0.6) is 0 Å². The molecule has 3 aromatic rings. The van der Waals surface area contributed by atoms with E-state index in [2.05, 4.69) is 27.6 Å². The van der Waals surface area contributed by atoms with Gasteiger partial charge >= 0.3 is 0 Å². The van der Waals surface area contributed by atoms with Gasteiger partial charge in [-0.05, 0) is 17.7 Å². The fourth-order valence-electron chi connectivity index (χ4n) is 2.11. The molecule has 1 amide bonds. The molecule has 0 radical (unpaired) electrons. The van der Waals surface area contributed by atoms with Crippen molar-refractivity contribution in [3.63, 3.8) is 0 Å². The fraction of sp³-hybridized carbons (Fsp3) is 0.167. The molecule has 3 rings (SSSR count). The summed E-state index contributed by atoms with van der Waals surface area (Å²) in [7, 11) is 0. The molecule has 0 spiro atoms. The Morgan fingerprint density at radius 1 is 1.00 bits per heavy atom. The number of rotatable bonds is 7. The minimum atomic E-state index is -0.0270. The van der Waals surface area contributed by atoms with Crippen LogP contribution in [0.4, 0.5) is 5.13 Å². The summed E-state index contributed by atoms with van der Waals surface area (Å²) in [6.45, 7) is 0. The molecule has 6 heteroatoms. The number of carbonyl (C=O) groups excluding carboxylic acids is 1. The van der Waals surface area contributed by atoms with Gasteiger partial charge in [-0.25, -0.2) is 0 Å². The van der Waals surface area contributed by atoms with Crippen molar-refractivity contribution in [2.24, 2.45) is 0 Å². The topological polar surface area (TPSA) is 54.9 Å². The van der Waals surface area contributed by atoms with Crippen molar-refractivity contribution >= 4 is 34.1 Å². The van der Waals surface area contributed by atoms with Crippen LogP contribution in [0.2, 0.25) is 0 Å². The van der Waals surface area contributed by atoms with E-state index in [0.717, 1.165) is 17.2 Å². The van der Waals surface area contributed by atoms with Gasteiger partial charge in [0.05, 0.1) is 0 Å². The van der Waals surface area contributed by atoms with Crippen LogP contribution in [0.3, 0.4) is 0 Å². The van der Waals surface area contributed by atoms with Crippen LogP contribution in [0.1, 0.15) is 17.0 Å². The number of aromatic nitrogens is 2. The third-order valence-electron chi connectivity index (χ3n) is 3.25. The molecule has 0 unspecified atom stereocenters. The van der Waals surface area contributed by atoms with Crippen LogP contribution in [-0.2, 0) is 11.2 Å². The molecule has 122 valence electrons. The Labute approximate surface area is 149 Å². The van der Waals surface area contributed by atoms with E-state index >= 15 is 0 Å². The lowest BCUT2D eigenvalue weighted by Crippen LogP contribution is -2.11. The molecule has 0 aliphatic heterocycles. The van der Waals surface area contributed by atoms with Crippen LogP contribution in [0, 0.1) is 0 Å². The molecule has 1 aromatic heterocycles. The van der Waals surface area contributed by atoms with Crippen molar-refractivity contribution in [3.8, 4) is 0 Å². The van der Waals surface area contributed by atoms with Crippen LogP contribution in [0.25, 0.3) is 0 Å². The molecule has 0 aliphatic rings. The molecular weight excluding hydrogens is 338 g/mol. The molecule has 0 saturated carbocycles. The van der Waals surface area contributed by atoms with Gasteiger partial charge in [-0.1, -0.05) is 59.9 Å². The van der Waals surface area contributed by atoms with Crippen LogP contribution in [-0.4, -0.2) is 21.9 Å². The lowest BCUT2D eigenvalue weighted by Gasteiger charge is -2.01. The fourth-order valence-corrected chi connectivity index (χ4v) is 3.77. The average molecular weight is 355 g/mol. The molecule has 1 heterocycles. The van der Waals surface area contributed by atoms with E-state index in [4.69, 9.17) is 0 Å². The maximum atomic E-state index is 12.0. The molecule has 2 aromatic carbocycles. The third kappa shape index (κ3) is 5.18. The molecule has 0 atom stereocenters. The van der Waals surface area contributed by atoms with Gasteiger partial charge in [0, 0.05) is 23.5 Å². The molecule has 24 heavy (non-hydrogen) atoms. The SMILES string of the molecule is O=C(CCSc1ccccc1)Nc1nnc(Cc2ccccc2)s1. The number of benzene rings is 2. The van der Waals surface area contributed by atoms with Crippen LogP contribution >= 0.6 is 23.1 Å². The monoisotopic (exact) mass is 355 g/mol. The molecule has 0 aliphatic carbocycles. The number of nitrogens with zero attached hydrogens (tertiary/aromatic N) is 2. The smallest absolute Gasteiger partial charge is 0.227 e. The highest BCUT2D eigenvalue weighted by Crippen LogP contribution is 2.20. The maximum Gasteiger partial charge on any atom is 0.227 e. The van der Waals surface area contributed by atoms with E-state index in [0.29, 0.717) is 11.6 Å². The second kappa shape index (κ2) is 8.61. The van der Waals surface area contributed by atoms with Crippen molar-refractivity contribution < 1.29 is 4.79 Å². The highest BCUT2D eigenvalue weighted by Gasteiger charge is 2.09. The Balaban J connectivity index is 1.45. The van der Waals surface area contributed by atoms with Crippen LogP contribution < -0.4 is 5.32 Å². The minimum Gasteiger partial charge on any atom is -0.301 e. The Morgan fingerprint density at radius 3 is 2.46 bits per heavy atom. The normalized spacial score (nSPS) is 10.5. The Bertz CT molecular complexity index is 775. The summed E-state index contributed by atoms with van der Waals surface area (Å²) < 4.78 is 0. The summed E-state index contributed by atoms with van der Waals surface area (Å²) in [5, 5.41) is 12.5. The van der Waals surface area contributed by atoms with Gasteiger partial charge in [-0.15, -0.1) is 22.0 Å². The number of anilines is 1. The Morgan fingerprint density at radius 2 is 1.71 bits per heavy atom. The number of amides is 1. The predicted molar refractivity (Wildman–Crippen MR) is 99.6 cm³/mol. The number of hydrogen-bond donors (Lipinski definition) is 1. The van der Waals surface area contributed by atoms with E-state index < -0.39 is 0 Å². The van der Waals surface area contributed by atoms with Crippen molar-refractivity contribution in [1.82, 2.24) is 10.2 Å². The third-order valence-corrected chi connectivity index (χ3v) is 5.10. The largest absolute Gasteiger partial charge is 0.301 e. The average Bonchev–Trinajstić information content (AvgIpc) is 3.03. The quantitative estimate of drug-likeness (QED) is 0.644. The summed E-state index contributed by atoms with van der Waals surface area (Å²) in [6.07, 6.45) is 1.19. The number of thioether (sulfide) groups is 1. The predicted octanol–water partition coefficient (Wildman–Crippen LogP) is 4.25. The molecule has 4 nitrogen and oxygen atoms in total. The van der Waals surface area contributed by atoms with E-state index in [9.17, 15) is 4.79 Å². The summed E-state index contributed by atoms with van der Waals surface area (Å²) in [4.78, 5) is 13.2. The summed E-state index contributed by atoms with van der Waals surface area (Å²) >= 11 is 3.10. The van der Waals surface area contributed by atoms with Gasteiger partial charge in [-0.3, -0.25) is 4.79 Å². The van der Waals surface area contributed by atoms with Gasteiger partial charge in [0.15, 0.2) is 0 Å². The maximum absolute atomic E-state index is 12.0. The van der Waals surface area contributed by atoms with Gasteiger partial charge < -0.3 is 5.32 Å². The summed E-state index contributed by atoms with van der Waals surface area (Å²) in [5.41, 5.74) is 1.19. The first kappa shape index (κ1) is 16.7. The first-order valence-corrected chi connectivity index (χ1v) is 9.44. The number of nitrogens with one attached hydrogen (secondary N) is 1.